The van der Waals surface area contributed by atoms with Crippen LogP contribution in [0, 0.1) is 0 Å². The standard InChI is InChI=1S/C12H13BrO2/c13-8-5-9-1-3-10(4-2-9)12(6-7-12)11(14)15/h1-4H,5-8H2,(H,14,15). The fourth-order valence-electron chi connectivity index (χ4n) is 1.85. The largest absolute Gasteiger partial charge is 0.481 e. The first-order chi connectivity index (χ1) is 7.19. The van der Waals surface area contributed by atoms with Crippen LogP contribution in [-0.4, -0.2) is 16.4 Å². The van der Waals surface area contributed by atoms with Crippen LogP contribution in [0.1, 0.15) is 24.0 Å². The van der Waals surface area contributed by atoms with Crippen molar-refractivity contribution >= 4 is 21.9 Å². The van der Waals surface area contributed by atoms with E-state index in [2.05, 4.69) is 15.9 Å². The monoisotopic (exact) mass is 268 g/mol. The van der Waals surface area contributed by atoms with Crippen LogP contribution in [0.4, 0.5) is 0 Å². The first kappa shape index (κ1) is 10.7. The van der Waals surface area contributed by atoms with E-state index in [-0.39, 0.29) is 0 Å². The summed E-state index contributed by atoms with van der Waals surface area (Å²) in [5.74, 6) is -0.684. The normalized spacial score (nSPS) is 17.4. The van der Waals surface area contributed by atoms with Gasteiger partial charge in [0, 0.05) is 5.33 Å². The summed E-state index contributed by atoms with van der Waals surface area (Å²) in [7, 11) is 0. The SMILES string of the molecule is O=C(O)C1(c2ccc(CCBr)cc2)CC1. The molecular formula is C12H13BrO2. The van der Waals surface area contributed by atoms with Crippen molar-refractivity contribution in [2.24, 2.45) is 0 Å². The molecular weight excluding hydrogens is 256 g/mol. The van der Waals surface area contributed by atoms with Gasteiger partial charge in [0.15, 0.2) is 0 Å². The molecule has 0 saturated heterocycles. The van der Waals surface area contributed by atoms with E-state index in [0.29, 0.717) is 0 Å². The number of carboxylic acids is 1. The molecule has 0 radical (unpaired) electrons. The van der Waals surface area contributed by atoms with Crippen LogP contribution >= 0.6 is 15.9 Å². The third kappa shape index (κ3) is 1.93. The van der Waals surface area contributed by atoms with Crippen molar-refractivity contribution in [3.63, 3.8) is 0 Å². The number of rotatable bonds is 4. The van der Waals surface area contributed by atoms with Gasteiger partial charge in [0.05, 0.1) is 5.41 Å². The highest BCUT2D eigenvalue weighted by Gasteiger charge is 2.51. The Bertz CT molecular complexity index is 366. The fourth-order valence-corrected chi connectivity index (χ4v) is 2.31. The van der Waals surface area contributed by atoms with Gasteiger partial charge >= 0.3 is 5.97 Å². The Morgan fingerprint density at radius 2 is 1.93 bits per heavy atom. The zero-order chi connectivity index (χ0) is 10.9. The second-order valence-electron chi connectivity index (χ2n) is 4.02. The molecule has 0 heterocycles. The van der Waals surface area contributed by atoms with E-state index in [0.717, 1.165) is 30.2 Å². The number of aryl methyl sites for hydroxylation is 1. The van der Waals surface area contributed by atoms with E-state index in [4.69, 9.17) is 5.11 Å². The van der Waals surface area contributed by atoms with Gasteiger partial charge in [-0.05, 0) is 30.4 Å². The molecule has 1 aromatic carbocycles. The molecule has 0 atom stereocenters. The molecule has 0 spiro atoms. The predicted molar refractivity (Wildman–Crippen MR) is 62.5 cm³/mol. The zero-order valence-electron chi connectivity index (χ0n) is 8.37. The number of hydrogen-bond donors (Lipinski definition) is 1. The Hall–Kier alpha value is -0.830. The summed E-state index contributed by atoms with van der Waals surface area (Å²) in [4.78, 5) is 11.1. The quantitative estimate of drug-likeness (QED) is 0.853. The average Bonchev–Trinajstić information content (AvgIpc) is 3.00. The summed E-state index contributed by atoms with van der Waals surface area (Å²) in [6, 6.07) is 7.97. The highest BCUT2D eigenvalue weighted by atomic mass is 79.9. The second kappa shape index (κ2) is 3.97. The molecule has 0 bridgehead atoms. The van der Waals surface area contributed by atoms with Crippen LogP contribution < -0.4 is 0 Å². The van der Waals surface area contributed by atoms with Crippen molar-refractivity contribution in [3.05, 3.63) is 35.4 Å². The summed E-state index contributed by atoms with van der Waals surface area (Å²) in [6.45, 7) is 0. The molecule has 80 valence electrons. The summed E-state index contributed by atoms with van der Waals surface area (Å²) in [5, 5.41) is 10.1. The molecule has 1 aliphatic rings. The van der Waals surface area contributed by atoms with Gasteiger partial charge in [-0.2, -0.15) is 0 Å². The molecule has 1 aliphatic carbocycles. The van der Waals surface area contributed by atoms with Gasteiger partial charge in [0.2, 0.25) is 0 Å². The number of carboxylic acid groups (broad SMARTS) is 1. The minimum Gasteiger partial charge on any atom is -0.481 e. The molecule has 0 aliphatic heterocycles. The lowest BCUT2D eigenvalue weighted by Gasteiger charge is -2.10. The van der Waals surface area contributed by atoms with E-state index in [9.17, 15) is 4.79 Å². The average molecular weight is 269 g/mol. The maximum absolute atomic E-state index is 11.1. The Labute approximate surface area is 97.4 Å². The van der Waals surface area contributed by atoms with Crippen molar-refractivity contribution in [2.45, 2.75) is 24.7 Å². The lowest BCUT2D eigenvalue weighted by atomic mass is 9.95. The molecule has 1 saturated carbocycles. The molecule has 2 nitrogen and oxygen atoms in total. The van der Waals surface area contributed by atoms with Gasteiger partial charge in [0.25, 0.3) is 0 Å². The number of aliphatic carboxylic acids is 1. The third-order valence-electron chi connectivity index (χ3n) is 3.05. The first-order valence-corrected chi connectivity index (χ1v) is 6.20. The summed E-state index contributed by atoms with van der Waals surface area (Å²) >= 11 is 3.39. The first-order valence-electron chi connectivity index (χ1n) is 5.08. The van der Waals surface area contributed by atoms with Crippen LogP contribution in [0.25, 0.3) is 0 Å². The Balaban J connectivity index is 2.20. The van der Waals surface area contributed by atoms with Gasteiger partial charge in [-0.25, -0.2) is 0 Å². The highest BCUT2D eigenvalue weighted by molar-refractivity contribution is 9.09. The Morgan fingerprint density at radius 3 is 2.33 bits per heavy atom. The van der Waals surface area contributed by atoms with Gasteiger partial charge in [-0.1, -0.05) is 40.2 Å². The topological polar surface area (TPSA) is 37.3 Å². The predicted octanol–water partition coefficient (Wildman–Crippen LogP) is 2.74. The van der Waals surface area contributed by atoms with Crippen molar-refractivity contribution in [3.8, 4) is 0 Å². The summed E-state index contributed by atoms with van der Waals surface area (Å²) < 4.78 is 0. The number of carbonyl (C=O) groups is 1. The fraction of sp³-hybridized carbons (Fsp3) is 0.417. The van der Waals surface area contributed by atoms with Gasteiger partial charge in [-0.15, -0.1) is 0 Å². The molecule has 0 aromatic heterocycles. The Morgan fingerprint density at radius 1 is 1.33 bits per heavy atom. The molecule has 2 rings (SSSR count). The molecule has 1 aromatic rings. The zero-order valence-corrected chi connectivity index (χ0v) is 9.96. The lowest BCUT2D eigenvalue weighted by molar-refractivity contribution is -0.140. The number of alkyl halides is 1. The van der Waals surface area contributed by atoms with Crippen LogP contribution in [0.3, 0.4) is 0 Å². The smallest absolute Gasteiger partial charge is 0.314 e. The van der Waals surface area contributed by atoms with E-state index >= 15 is 0 Å². The number of hydrogen-bond acceptors (Lipinski definition) is 1. The van der Waals surface area contributed by atoms with Gasteiger partial charge in [0.1, 0.15) is 0 Å². The lowest BCUT2D eigenvalue weighted by Crippen LogP contribution is -2.19. The number of halogens is 1. The molecule has 3 heteroatoms. The van der Waals surface area contributed by atoms with Gasteiger partial charge < -0.3 is 5.11 Å². The molecule has 15 heavy (non-hydrogen) atoms. The summed E-state index contributed by atoms with van der Waals surface area (Å²) in [5.41, 5.74) is 1.64. The van der Waals surface area contributed by atoms with Crippen LogP contribution in [0.15, 0.2) is 24.3 Å². The maximum Gasteiger partial charge on any atom is 0.314 e. The maximum atomic E-state index is 11.1. The van der Waals surface area contributed by atoms with E-state index < -0.39 is 11.4 Å². The van der Waals surface area contributed by atoms with Crippen LogP contribution in [0.2, 0.25) is 0 Å². The van der Waals surface area contributed by atoms with Crippen LogP contribution in [0.5, 0.6) is 0 Å². The third-order valence-corrected chi connectivity index (χ3v) is 3.45. The molecule has 1 N–H and O–H groups in total. The van der Waals surface area contributed by atoms with Crippen molar-refractivity contribution in [1.82, 2.24) is 0 Å². The number of benzene rings is 1. The van der Waals surface area contributed by atoms with Crippen LogP contribution in [-0.2, 0) is 16.6 Å². The minimum atomic E-state index is -0.684. The molecule has 1 fully saturated rings. The van der Waals surface area contributed by atoms with E-state index in [1.165, 1.54) is 5.56 Å². The highest BCUT2D eigenvalue weighted by Crippen LogP contribution is 2.48. The molecule has 0 unspecified atom stereocenters. The minimum absolute atomic E-state index is 0.563. The van der Waals surface area contributed by atoms with E-state index in [1.54, 1.807) is 0 Å². The second-order valence-corrected chi connectivity index (χ2v) is 4.82. The molecule has 0 amide bonds. The Kier molecular flexibility index (Phi) is 2.83. The van der Waals surface area contributed by atoms with Crippen molar-refractivity contribution in [2.75, 3.05) is 5.33 Å². The van der Waals surface area contributed by atoms with Crippen molar-refractivity contribution < 1.29 is 9.90 Å². The van der Waals surface area contributed by atoms with E-state index in [1.807, 2.05) is 24.3 Å². The van der Waals surface area contributed by atoms with Crippen molar-refractivity contribution in [1.29, 1.82) is 0 Å². The summed E-state index contributed by atoms with van der Waals surface area (Å²) in [6.07, 6.45) is 2.54. The van der Waals surface area contributed by atoms with Gasteiger partial charge in [-0.3, -0.25) is 4.79 Å².